The first kappa shape index (κ1) is 18.1. The lowest BCUT2D eigenvalue weighted by Gasteiger charge is -2.20. The average molecular weight is 376 g/mol. The van der Waals surface area contributed by atoms with Gasteiger partial charge in [-0.05, 0) is 25.0 Å². The predicted octanol–water partition coefficient (Wildman–Crippen LogP) is 0.158. The van der Waals surface area contributed by atoms with Gasteiger partial charge in [0.1, 0.15) is 18.3 Å². The third-order valence-corrected chi connectivity index (χ3v) is 5.02. The molecule has 0 aromatic carbocycles. The van der Waals surface area contributed by atoms with E-state index in [2.05, 4.69) is 20.9 Å². The minimum atomic E-state index is -0.842. The number of ether oxygens (including phenoxy) is 2. The summed E-state index contributed by atoms with van der Waals surface area (Å²) in [6.07, 6.45) is 3.77. The van der Waals surface area contributed by atoms with Crippen LogP contribution >= 0.6 is 0 Å². The van der Waals surface area contributed by atoms with E-state index in [9.17, 15) is 14.7 Å². The van der Waals surface area contributed by atoms with Crippen LogP contribution in [0.1, 0.15) is 25.7 Å². The molecular weight excluding hydrogens is 352 g/mol. The van der Waals surface area contributed by atoms with E-state index >= 15 is 0 Å². The minimum absolute atomic E-state index is 0.0118. The van der Waals surface area contributed by atoms with Crippen LogP contribution in [0.3, 0.4) is 0 Å². The van der Waals surface area contributed by atoms with Crippen LogP contribution in [0.2, 0.25) is 0 Å². The first-order chi connectivity index (χ1) is 13.1. The van der Waals surface area contributed by atoms with Crippen LogP contribution in [-0.4, -0.2) is 65.1 Å². The van der Waals surface area contributed by atoms with E-state index in [0.717, 1.165) is 12.8 Å². The van der Waals surface area contributed by atoms with Crippen molar-refractivity contribution in [1.82, 2.24) is 15.6 Å². The van der Waals surface area contributed by atoms with Crippen molar-refractivity contribution >= 4 is 17.6 Å². The molecule has 3 amide bonds. The third kappa shape index (κ3) is 4.55. The third-order valence-electron chi connectivity index (χ3n) is 5.02. The molecule has 0 radical (unpaired) electrons. The molecule has 1 aliphatic carbocycles. The number of rotatable bonds is 6. The van der Waals surface area contributed by atoms with Crippen molar-refractivity contribution in [3.05, 3.63) is 24.5 Å². The maximum atomic E-state index is 11.9. The highest BCUT2D eigenvalue weighted by Crippen LogP contribution is 2.35. The quantitative estimate of drug-likeness (QED) is 0.561. The number of carbonyl (C=O) groups excluding carboxylic acids is 2. The number of urea groups is 1. The summed E-state index contributed by atoms with van der Waals surface area (Å²) in [7, 11) is 0. The SMILES string of the molecule is O=C(CC1CC2OC(CNC(=O)Nc3cccnc3)C(O)C2O1)NC1CC1. The fraction of sp³-hybridized carbons (Fsp3) is 0.611. The summed E-state index contributed by atoms with van der Waals surface area (Å²) in [6.45, 7) is 0.163. The topological polar surface area (TPSA) is 122 Å². The first-order valence-electron chi connectivity index (χ1n) is 9.31. The number of amides is 3. The van der Waals surface area contributed by atoms with Gasteiger partial charge >= 0.3 is 6.03 Å². The van der Waals surface area contributed by atoms with Crippen LogP contribution in [0.25, 0.3) is 0 Å². The molecule has 3 aliphatic rings. The molecule has 5 unspecified atom stereocenters. The van der Waals surface area contributed by atoms with Gasteiger partial charge in [-0.2, -0.15) is 0 Å². The Balaban J connectivity index is 1.20. The Kier molecular flexibility index (Phi) is 5.24. The van der Waals surface area contributed by atoms with Gasteiger partial charge in [-0.1, -0.05) is 0 Å². The zero-order valence-corrected chi connectivity index (χ0v) is 14.8. The molecule has 2 aliphatic heterocycles. The van der Waals surface area contributed by atoms with Gasteiger partial charge in [0.05, 0.1) is 30.5 Å². The van der Waals surface area contributed by atoms with Crippen LogP contribution < -0.4 is 16.0 Å². The van der Waals surface area contributed by atoms with Gasteiger partial charge in [0.15, 0.2) is 0 Å². The molecule has 4 rings (SSSR count). The minimum Gasteiger partial charge on any atom is -0.388 e. The number of nitrogens with zero attached hydrogens (tertiary/aromatic N) is 1. The highest BCUT2D eigenvalue weighted by Gasteiger charge is 2.50. The van der Waals surface area contributed by atoms with Crippen molar-refractivity contribution in [3.8, 4) is 0 Å². The zero-order chi connectivity index (χ0) is 18.8. The molecule has 27 heavy (non-hydrogen) atoms. The van der Waals surface area contributed by atoms with E-state index in [1.807, 2.05) is 0 Å². The molecule has 5 atom stereocenters. The van der Waals surface area contributed by atoms with Crippen molar-refractivity contribution in [2.24, 2.45) is 0 Å². The molecule has 3 heterocycles. The lowest BCUT2D eigenvalue weighted by Crippen LogP contribution is -2.42. The molecule has 0 bridgehead atoms. The number of nitrogens with one attached hydrogen (secondary N) is 3. The van der Waals surface area contributed by atoms with E-state index in [-0.39, 0.29) is 31.1 Å². The van der Waals surface area contributed by atoms with Crippen molar-refractivity contribution < 1.29 is 24.2 Å². The second kappa shape index (κ2) is 7.79. The molecule has 0 spiro atoms. The summed E-state index contributed by atoms with van der Waals surface area (Å²) in [6, 6.07) is 3.38. The van der Waals surface area contributed by atoms with Crippen LogP contribution in [0.5, 0.6) is 0 Å². The lowest BCUT2D eigenvalue weighted by atomic mass is 10.1. The summed E-state index contributed by atoms with van der Waals surface area (Å²) >= 11 is 0. The predicted molar refractivity (Wildman–Crippen MR) is 95.0 cm³/mol. The average Bonchev–Trinajstić information content (AvgIpc) is 3.29. The number of hydrogen-bond donors (Lipinski definition) is 4. The Hall–Kier alpha value is -2.23. The van der Waals surface area contributed by atoms with Gasteiger partial charge in [0.25, 0.3) is 0 Å². The van der Waals surface area contributed by atoms with E-state index in [1.165, 1.54) is 6.20 Å². The van der Waals surface area contributed by atoms with Crippen LogP contribution in [0.4, 0.5) is 10.5 Å². The number of fused-ring (bicyclic) bond motifs is 1. The van der Waals surface area contributed by atoms with Crippen LogP contribution in [0.15, 0.2) is 24.5 Å². The molecule has 1 aromatic heterocycles. The Morgan fingerprint density at radius 2 is 2.15 bits per heavy atom. The normalized spacial score (nSPS) is 32.0. The second-order valence-electron chi connectivity index (χ2n) is 7.28. The molecule has 1 saturated carbocycles. The Morgan fingerprint density at radius 3 is 2.85 bits per heavy atom. The summed E-state index contributed by atoms with van der Waals surface area (Å²) in [5, 5.41) is 18.7. The number of aliphatic hydroxyl groups excluding tert-OH is 1. The summed E-state index contributed by atoms with van der Waals surface area (Å²) in [5.41, 5.74) is 0.579. The zero-order valence-electron chi connectivity index (χ0n) is 14.8. The van der Waals surface area contributed by atoms with E-state index < -0.39 is 24.3 Å². The van der Waals surface area contributed by atoms with Gasteiger partial charge in [0.2, 0.25) is 5.91 Å². The van der Waals surface area contributed by atoms with E-state index in [1.54, 1.807) is 18.3 Å². The molecule has 2 saturated heterocycles. The fourth-order valence-electron chi connectivity index (χ4n) is 3.54. The van der Waals surface area contributed by atoms with Crippen LogP contribution in [-0.2, 0) is 14.3 Å². The van der Waals surface area contributed by atoms with Gasteiger partial charge in [0, 0.05) is 25.2 Å². The molecule has 9 nitrogen and oxygen atoms in total. The van der Waals surface area contributed by atoms with Gasteiger partial charge in [-0.25, -0.2) is 4.79 Å². The smallest absolute Gasteiger partial charge is 0.319 e. The molecule has 4 N–H and O–H groups in total. The van der Waals surface area contributed by atoms with Crippen molar-refractivity contribution in [3.63, 3.8) is 0 Å². The van der Waals surface area contributed by atoms with Gasteiger partial charge in [-0.15, -0.1) is 0 Å². The number of pyridine rings is 1. The largest absolute Gasteiger partial charge is 0.388 e. The summed E-state index contributed by atoms with van der Waals surface area (Å²) < 4.78 is 11.7. The van der Waals surface area contributed by atoms with Crippen molar-refractivity contribution in [2.45, 2.75) is 62.2 Å². The highest BCUT2D eigenvalue weighted by atomic mass is 16.6. The van der Waals surface area contributed by atoms with E-state index in [4.69, 9.17) is 9.47 Å². The Morgan fingerprint density at radius 1 is 1.30 bits per heavy atom. The first-order valence-corrected chi connectivity index (χ1v) is 9.31. The number of anilines is 1. The molecule has 3 fully saturated rings. The number of carbonyl (C=O) groups is 2. The monoisotopic (exact) mass is 376 g/mol. The highest BCUT2D eigenvalue weighted by molar-refractivity contribution is 5.88. The standard InChI is InChI=1S/C18H24N4O5/c23-15(21-10-3-4-10)7-12-6-13-17(26-12)16(24)14(27-13)9-20-18(25)22-11-2-1-5-19-8-11/h1-2,5,8,10,12-14,16-17,24H,3-4,6-7,9H2,(H,21,23)(H2,20,22,25). The molecule has 1 aromatic rings. The molecule has 9 heteroatoms. The molecule has 146 valence electrons. The Bertz CT molecular complexity index is 684. The number of aromatic nitrogens is 1. The number of aliphatic hydroxyl groups is 1. The number of hydrogen-bond acceptors (Lipinski definition) is 6. The van der Waals surface area contributed by atoms with Crippen molar-refractivity contribution in [1.29, 1.82) is 0 Å². The van der Waals surface area contributed by atoms with Gasteiger partial charge in [-0.3, -0.25) is 9.78 Å². The maximum absolute atomic E-state index is 11.9. The fourth-order valence-corrected chi connectivity index (χ4v) is 3.54. The van der Waals surface area contributed by atoms with Gasteiger partial charge < -0.3 is 30.5 Å². The summed E-state index contributed by atoms with van der Waals surface area (Å²) in [5.74, 6) is -0.0118. The van der Waals surface area contributed by atoms with E-state index in [0.29, 0.717) is 18.2 Å². The summed E-state index contributed by atoms with van der Waals surface area (Å²) in [4.78, 5) is 27.7. The van der Waals surface area contributed by atoms with Crippen LogP contribution in [0, 0.1) is 0 Å². The lowest BCUT2D eigenvalue weighted by molar-refractivity contribution is -0.124. The van der Waals surface area contributed by atoms with Crippen molar-refractivity contribution in [2.75, 3.05) is 11.9 Å². The maximum Gasteiger partial charge on any atom is 0.319 e. The Labute approximate surface area is 156 Å². The molecular formula is C18H24N4O5. The second-order valence-corrected chi connectivity index (χ2v) is 7.28.